The first-order chi connectivity index (χ1) is 15.3. The van der Waals surface area contributed by atoms with Crippen molar-refractivity contribution in [3.05, 3.63) is 41.1 Å². The smallest absolute Gasteiger partial charge is 0.311 e. The number of nitrogens with one attached hydrogen (secondary N) is 2. The Hall–Kier alpha value is -2.83. The van der Waals surface area contributed by atoms with Crippen molar-refractivity contribution >= 4 is 11.0 Å². The summed E-state index contributed by atoms with van der Waals surface area (Å²) in [6.45, 7) is 5.00. The quantitative estimate of drug-likeness (QED) is 0.632. The molecule has 0 amide bonds. The van der Waals surface area contributed by atoms with Crippen LogP contribution in [-0.4, -0.2) is 51.4 Å². The van der Waals surface area contributed by atoms with Gasteiger partial charge in [0, 0.05) is 37.8 Å². The molecule has 32 heavy (non-hydrogen) atoms. The number of fused-ring (bicyclic) bond motifs is 3. The van der Waals surface area contributed by atoms with Crippen molar-refractivity contribution < 1.29 is 13.2 Å². The molecule has 0 spiro atoms. The molecule has 1 aromatic carbocycles. The molecule has 2 aliphatic rings. The predicted octanol–water partition coefficient (Wildman–Crippen LogP) is 3.68. The zero-order valence-electron chi connectivity index (χ0n) is 18.0. The molecule has 3 aromatic rings. The Balaban J connectivity index is 1.38. The van der Waals surface area contributed by atoms with Gasteiger partial charge in [-0.05, 0) is 43.0 Å². The maximum atomic E-state index is 13.9. The number of rotatable bonds is 5. The molecule has 4 heterocycles. The standard InChI is InChI=1S/C23H25F3N6/c1-13-19-12-32(21(13)11-28-19)7-3-4-14-5-6-15(8-16(14)23(24,25)26)17-9-20-22(30-31(20)2)18(10-27)29-17/h5-6,8-9,13,19,21,28,30H,3-4,7,11-12H2,1-2H3. The summed E-state index contributed by atoms with van der Waals surface area (Å²) in [5.41, 5.74) is 1.93. The predicted molar refractivity (Wildman–Crippen MR) is 115 cm³/mol. The maximum absolute atomic E-state index is 13.9. The summed E-state index contributed by atoms with van der Waals surface area (Å²) in [6.07, 6.45) is -3.39. The Bertz CT molecular complexity index is 1200. The molecule has 2 bridgehead atoms. The fourth-order valence-corrected chi connectivity index (χ4v) is 5.25. The number of halogens is 3. The highest BCUT2D eigenvalue weighted by Crippen LogP contribution is 2.36. The van der Waals surface area contributed by atoms with E-state index >= 15 is 0 Å². The molecular weight excluding hydrogens is 417 g/mol. The highest BCUT2D eigenvalue weighted by Gasteiger charge is 2.43. The lowest BCUT2D eigenvalue weighted by atomic mass is 9.97. The normalized spacial score (nSPS) is 23.3. The summed E-state index contributed by atoms with van der Waals surface area (Å²) in [6, 6.07) is 9.13. The molecule has 168 valence electrons. The van der Waals surface area contributed by atoms with E-state index in [0.29, 0.717) is 53.2 Å². The van der Waals surface area contributed by atoms with Crippen molar-refractivity contribution in [1.29, 1.82) is 5.26 Å². The summed E-state index contributed by atoms with van der Waals surface area (Å²) in [7, 11) is 1.78. The summed E-state index contributed by atoms with van der Waals surface area (Å²) in [5.74, 6) is 0.600. The van der Waals surface area contributed by atoms with Gasteiger partial charge in [-0.1, -0.05) is 19.1 Å². The van der Waals surface area contributed by atoms with Gasteiger partial charge >= 0.3 is 6.18 Å². The number of alkyl halides is 3. The van der Waals surface area contributed by atoms with Crippen molar-refractivity contribution in [3.63, 3.8) is 0 Å². The van der Waals surface area contributed by atoms with Gasteiger partial charge in [0.2, 0.25) is 0 Å². The van der Waals surface area contributed by atoms with E-state index in [2.05, 4.69) is 27.2 Å². The first kappa shape index (κ1) is 21.0. The van der Waals surface area contributed by atoms with Crippen molar-refractivity contribution in [3.8, 4) is 17.3 Å². The van der Waals surface area contributed by atoms with Gasteiger partial charge in [0.15, 0.2) is 5.69 Å². The SMILES string of the molecule is CC1C2CN(CCCc3ccc(-c4cc5c([nH]n5C)c(C#N)n4)cc3C(F)(F)F)C1CN2. The molecule has 5 rings (SSSR count). The molecule has 9 heteroatoms. The van der Waals surface area contributed by atoms with Crippen LogP contribution in [0, 0.1) is 17.2 Å². The highest BCUT2D eigenvalue weighted by molar-refractivity contribution is 5.85. The van der Waals surface area contributed by atoms with Crippen LogP contribution >= 0.6 is 0 Å². The van der Waals surface area contributed by atoms with Crippen molar-refractivity contribution in [1.82, 2.24) is 25.0 Å². The Morgan fingerprint density at radius 1 is 1.28 bits per heavy atom. The van der Waals surface area contributed by atoms with E-state index in [9.17, 15) is 18.4 Å². The highest BCUT2D eigenvalue weighted by atomic mass is 19.4. The average Bonchev–Trinajstić information content (AvgIpc) is 3.26. The minimum absolute atomic E-state index is 0.178. The Labute approximate surface area is 184 Å². The molecule has 0 radical (unpaired) electrons. The number of aromatic amines is 1. The van der Waals surface area contributed by atoms with Crippen LogP contribution in [0.1, 0.15) is 30.2 Å². The number of likely N-dealkylation sites (tertiary alicyclic amines) is 1. The van der Waals surface area contributed by atoms with Crippen molar-refractivity contribution in [2.45, 2.75) is 38.0 Å². The van der Waals surface area contributed by atoms with Gasteiger partial charge in [0.25, 0.3) is 0 Å². The third kappa shape index (κ3) is 3.48. The third-order valence-electron chi connectivity index (χ3n) is 7.08. The summed E-state index contributed by atoms with van der Waals surface area (Å²) < 4.78 is 43.4. The van der Waals surface area contributed by atoms with Gasteiger partial charge in [-0.3, -0.25) is 14.7 Å². The van der Waals surface area contributed by atoms with E-state index in [1.54, 1.807) is 29.9 Å². The molecule has 2 fully saturated rings. The summed E-state index contributed by atoms with van der Waals surface area (Å²) >= 11 is 0. The van der Waals surface area contributed by atoms with E-state index < -0.39 is 11.7 Å². The Morgan fingerprint density at radius 2 is 2.09 bits per heavy atom. The zero-order chi connectivity index (χ0) is 22.6. The topological polar surface area (TPSA) is 72.7 Å². The van der Waals surface area contributed by atoms with Crippen molar-refractivity contribution in [2.75, 3.05) is 19.6 Å². The molecule has 2 N–H and O–H groups in total. The van der Waals surface area contributed by atoms with E-state index in [-0.39, 0.29) is 5.69 Å². The number of H-pyrrole nitrogens is 1. The molecule has 0 saturated carbocycles. The molecular formula is C23H25F3N6. The lowest BCUT2D eigenvalue weighted by Crippen LogP contribution is -2.43. The van der Waals surface area contributed by atoms with Gasteiger partial charge in [-0.2, -0.15) is 18.4 Å². The lowest BCUT2D eigenvalue weighted by Gasteiger charge is -2.27. The van der Waals surface area contributed by atoms with Crippen LogP contribution in [-0.2, 0) is 19.6 Å². The minimum Gasteiger partial charge on any atom is -0.311 e. The molecule has 2 saturated heterocycles. The van der Waals surface area contributed by atoms with Crippen LogP contribution in [0.3, 0.4) is 0 Å². The Kier molecular flexibility index (Phi) is 5.02. The van der Waals surface area contributed by atoms with Crippen LogP contribution in [0.15, 0.2) is 24.3 Å². The molecule has 6 nitrogen and oxygen atoms in total. The second kappa shape index (κ2) is 7.64. The van der Waals surface area contributed by atoms with Gasteiger partial charge in [-0.15, -0.1) is 0 Å². The molecule has 3 unspecified atom stereocenters. The number of benzene rings is 1. The molecule has 0 aliphatic carbocycles. The summed E-state index contributed by atoms with van der Waals surface area (Å²) in [4.78, 5) is 6.68. The first-order valence-corrected chi connectivity index (χ1v) is 10.9. The molecule has 2 aromatic heterocycles. The van der Waals surface area contributed by atoms with Crippen LogP contribution in [0.5, 0.6) is 0 Å². The van der Waals surface area contributed by atoms with Crippen LogP contribution in [0.4, 0.5) is 13.2 Å². The fourth-order valence-electron chi connectivity index (χ4n) is 5.25. The second-order valence-electron chi connectivity index (χ2n) is 8.94. The number of hydrogen-bond acceptors (Lipinski definition) is 4. The number of hydrogen-bond donors (Lipinski definition) is 2. The minimum atomic E-state index is -4.45. The van der Waals surface area contributed by atoms with Gasteiger partial charge < -0.3 is 5.32 Å². The zero-order valence-corrected chi connectivity index (χ0v) is 18.0. The second-order valence-corrected chi connectivity index (χ2v) is 8.94. The van der Waals surface area contributed by atoms with Crippen LogP contribution < -0.4 is 5.32 Å². The number of piperazine rings is 1. The van der Waals surface area contributed by atoms with Crippen LogP contribution in [0.2, 0.25) is 0 Å². The van der Waals surface area contributed by atoms with Gasteiger partial charge in [-0.25, -0.2) is 4.98 Å². The fraction of sp³-hybridized carbons (Fsp3) is 0.478. The first-order valence-electron chi connectivity index (χ1n) is 10.9. The number of nitrogens with zero attached hydrogens (tertiary/aromatic N) is 4. The monoisotopic (exact) mass is 442 g/mol. The molecule has 3 atom stereocenters. The number of pyridine rings is 1. The third-order valence-corrected chi connectivity index (χ3v) is 7.08. The van der Waals surface area contributed by atoms with E-state index in [0.717, 1.165) is 25.2 Å². The number of aryl methyl sites for hydroxylation is 2. The summed E-state index contributed by atoms with van der Waals surface area (Å²) in [5, 5.41) is 15.8. The number of nitriles is 1. The van der Waals surface area contributed by atoms with Gasteiger partial charge in [0.05, 0.1) is 16.8 Å². The Morgan fingerprint density at radius 3 is 2.72 bits per heavy atom. The largest absolute Gasteiger partial charge is 0.416 e. The lowest BCUT2D eigenvalue weighted by molar-refractivity contribution is -0.138. The van der Waals surface area contributed by atoms with E-state index in [1.165, 1.54) is 6.07 Å². The van der Waals surface area contributed by atoms with Crippen LogP contribution in [0.25, 0.3) is 22.3 Å². The average molecular weight is 442 g/mol. The van der Waals surface area contributed by atoms with Crippen molar-refractivity contribution in [2.24, 2.45) is 13.0 Å². The molecule has 2 aliphatic heterocycles. The maximum Gasteiger partial charge on any atom is 0.416 e. The van der Waals surface area contributed by atoms with Gasteiger partial charge in [0.1, 0.15) is 11.6 Å². The van der Waals surface area contributed by atoms with E-state index in [1.807, 2.05) is 6.07 Å². The number of aromatic nitrogens is 3. The van der Waals surface area contributed by atoms with E-state index in [4.69, 9.17) is 0 Å².